The molecule has 0 fully saturated rings. The molecule has 2 heterocycles. The third-order valence-electron chi connectivity index (χ3n) is 4.19. The standard InChI is InChI=1S/C21H18N4O/c1-15(26)24-19-9-5-8-17(13-19)20-10-11-22-21-18(14-23-25(20)21)12-16-6-3-2-4-7-16/h2-11,13-14H,12H2,1H3,(H,24,26). The summed E-state index contributed by atoms with van der Waals surface area (Å²) in [5, 5.41) is 7.37. The number of anilines is 1. The van der Waals surface area contributed by atoms with Gasteiger partial charge in [0.05, 0.1) is 11.9 Å². The molecule has 0 radical (unpaired) electrons. The molecule has 1 amide bonds. The van der Waals surface area contributed by atoms with Crippen LogP contribution >= 0.6 is 0 Å². The Hall–Kier alpha value is -3.47. The monoisotopic (exact) mass is 342 g/mol. The molecule has 2 aromatic heterocycles. The average molecular weight is 342 g/mol. The second kappa shape index (κ2) is 6.80. The predicted molar refractivity (Wildman–Crippen MR) is 102 cm³/mol. The lowest BCUT2D eigenvalue weighted by atomic mass is 10.1. The summed E-state index contributed by atoms with van der Waals surface area (Å²) in [5.41, 5.74) is 5.81. The quantitative estimate of drug-likeness (QED) is 0.611. The van der Waals surface area contributed by atoms with E-state index in [0.717, 1.165) is 34.6 Å². The first-order chi connectivity index (χ1) is 12.7. The zero-order valence-electron chi connectivity index (χ0n) is 14.4. The van der Waals surface area contributed by atoms with Crippen molar-refractivity contribution in [3.05, 3.63) is 84.2 Å². The Balaban J connectivity index is 1.74. The van der Waals surface area contributed by atoms with Crippen LogP contribution in [0.1, 0.15) is 18.1 Å². The second-order valence-electron chi connectivity index (χ2n) is 6.16. The molecule has 0 saturated carbocycles. The van der Waals surface area contributed by atoms with Gasteiger partial charge in [-0.3, -0.25) is 4.79 Å². The Kier molecular flexibility index (Phi) is 4.19. The Morgan fingerprint density at radius 1 is 1.08 bits per heavy atom. The largest absolute Gasteiger partial charge is 0.326 e. The fraction of sp³-hybridized carbons (Fsp3) is 0.0952. The molecule has 0 spiro atoms. The van der Waals surface area contributed by atoms with Crippen molar-refractivity contribution < 1.29 is 4.79 Å². The number of rotatable bonds is 4. The van der Waals surface area contributed by atoms with Crippen LogP contribution in [0.3, 0.4) is 0 Å². The summed E-state index contributed by atoms with van der Waals surface area (Å²) in [7, 11) is 0. The highest BCUT2D eigenvalue weighted by Gasteiger charge is 2.11. The maximum absolute atomic E-state index is 11.3. The minimum atomic E-state index is -0.0914. The SMILES string of the molecule is CC(=O)Nc1cccc(-c2ccnc3c(Cc4ccccc4)cnn23)c1. The Bertz CT molecular complexity index is 1070. The number of carbonyl (C=O) groups is 1. The molecular formula is C21H18N4O. The molecule has 0 saturated heterocycles. The van der Waals surface area contributed by atoms with Crippen LogP contribution in [-0.2, 0) is 11.2 Å². The minimum Gasteiger partial charge on any atom is -0.326 e. The van der Waals surface area contributed by atoms with Crippen molar-refractivity contribution in [2.45, 2.75) is 13.3 Å². The Morgan fingerprint density at radius 3 is 2.73 bits per heavy atom. The fourth-order valence-corrected chi connectivity index (χ4v) is 3.06. The van der Waals surface area contributed by atoms with Crippen LogP contribution in [0.15, 0.2) is 73.1 Å². The number of benzene rings is 2. The number of hydrogen-bond acceptors (Lipinski definition) is 3. The fourth-order valence-electron chi connectivity index (χ4n) is 3.06. The van der Waals surface area contributed by atoms with Crippen molar-refractivity contribution in [2.75, 3.05) is 5.32 Å². The molecule has 26 heavy (non-hydrogen) atoms. The van der Waals surface area contributed by atoms with Crippen LogP contribution in [0.25, 0.3) is 16.9 Å². The minimum absolute atomic E-state index is 0.0914. The van der Waals surface area contributed by atoms with Gasteiger partial charge in [0.25, 0.3) is 0 Å². The van der Waals surface area contributed by atoms with E-state index < -0.39 is 0 Å². The van der Waals surface area contributed by atoms with E-state index in [-0.39, 0.29) is 5.91 Å². The number of hydrogen-bond donors (Lipinski definition) is 1. The van der Waals surface area contributed by atoms with E-state index in [9.17, 15) is 4.79 Å². The van der Waals surface area contributed by atoms with Crippen molar-refractivity contribution in [1.29, 1.82) is 0 Å². The number of carbonyl (C=O) groups excluding carboxylic acids is 1. The third-order valence-corrected chi connectivity index (χ3v) is 4.19. The molecule has 5 heteroatoms. The maximum atomic E-state index is 11.3. The number of nitrogens with one attached hydrogen (secondary N) is 1. The van der Waals surface area contributed by atoms with Gasteiger partial charge in [0.2, 0.25) is 5.91 Å². The first-order valence-corrected chi connectivity index (χ1v) is 8.44. The molecule has 1 N–H and O–H groups in total. The van der Waals surface area contributed by atoms with Gasteiger partial charge in [-0.15, -0.1) is 0 Å². The van der Waals surface area contributed by atoms with E-state index in [4.69, 9.17) is 0 Å². The predicted octanol–water partition coefficient (Wildman–Crippen LogP) is 3.95. The van der Waals surface area contributed by atoms with Gasteiger partial charge in [-0.05, 0) is 23.8 Å². The van der Waals surface area contributed by atoms with Crippen molar-refractivity contribution in [2.24, 2.45) is 0 Å². The summed E-state index contributed by atoms with van der Waals surface area (Å²) in [6, 6.07) is 19.9. The molecule has 0 aliphatic heterocycles. The Morgan fingerprint density at radius 2 is 1.92 bits per heavy atom. The highest BCUT2D eigenvalue weighted by Crippen LogP contribution is 2.24. The van der Waals surface area contributed by atoms with Crippen LogP contribution in [0, 0.1) is 0 Å². The van der Waals surface area contributed by atoms with Crippen molar-refractivity contribution in [3.8, 4) is 11.3 Å². The van der Waals surface area contributed by atoms with Gasteiger partial charge in [0.15, 0.2) is 5.65 Å². The van der Waals surface area contributed by atoms with E-state index in [1.165, 1.54) is 12.5 Å². The second-order valence-corrected chi connectivity index (χ2v) is 6.16. The highest BCUT2D eigenvalue weighted by atomic mass is 16.1. The summed E-state index contributed by atoms with van der Waals surface area (Å²) in [4.78, 5) is 15.8. The van der Waals surface area contributed by atoms with E-state index in [2.05, 4.69) is 27.5 Å². The van der Waals surface area contributed by atoms with E-state index >= 15 is 0 Å². The van der Waals surface area contributed by atoms with Crippen LogP contribution in [0.2, 0.25) is 0 Å². The molecule has 0 atom stereocenters. The van der Waals surface area contributed by atoms with Gasteiger partial charge in [-0.1, -0.05) is 42.5 Å². The van der Waals surface area contributed by atoms with Crippen LogP contribution in [0.5, 0.6) is 0 Å². The zero-order chi connectivity index (χ0) is 17.9. The summed E-state index contributed by atoms with van der Waals surface area (Å²) in [5.74, 6) is -0.0914. The van der Waals surface area contributed by atoms with Gasteiger partial charge in [-0.2, -0.15) is 5.10 Å². The molecule has 0 aliphatic carbocycles. The van der Waals surface area contributed by atoms with Crippen molar-refractivity contribution in [1.82, 2.24) is 14.6 Å². The van der Waals surface area contributed by atoms with Gasteiger partial charge >= 0.3 is 0 Å². The molecule has 2 aromatic carbocycles. The smallest absolute Gasteiger partial charge is 0.221 e. The molecule has 5 nitrogen and oxygen atoms in total. The molecular weight excluding hydrogens is 324 g/mol. The maximum Gasteiger partial charge on any atom is 0.221 e. The van der Waals surface area contributed by atoms with E-state index in [1.54, 1.807) is 6.20 Å². The molecule has 4 aromatic rings. The van der Waals surface area contributed by atoms with E-state index in [1.807, 2.05) is 59.2 Å². The number of nitrogens with zero attached hydrogens (tertiary/aromatic N) is 3. The van der Waals surface area contributed by atoms with Crippen molar-refractivity contribution in [3.63, 3.8) is 0 Å². The zero-order valence-corrected chi connectivity index (χ0v) is 14.4. The summed E-state index contributed by atoms with van der Waals surface area (Å²) in [6.07, 6.45) is 4.45. The average Bonchev–Trinajstić information content (AvgIpc) is 3.05. The topological polar surface area (TPSA) is 59.3 Å². The molecule has 4 rings (SSSR count). The van der Waals surface area contributed by atoms with E-state index in [0.29, 0.717) is 0 Å². The van der Waals surface area contributed by atoms with Crippen LogP contribution < -0.4 is 5.32 Å². The molecule has 128 valence electrons. The molecule has 0 bridgehead atoms. The summed E-state index contributed by atoms with van der Waals surface area (Å²) in [6.45, 7) is 1.50. The highest BCUT2D eigenvalue weighted by molar-refractivity contribution is 5.89. The lowest BCUT2D eigenvalue weighted by molar-refractivity contribution is -0.114. The lowest BCUT2D eigenvalue weighted by Gasteiger charge is -2.08. The first-order valence-electron chi connectivity index (χ1n) is 8.44. The van der Waals surface area contributed by atoms with Gasteiger partial charge in [-0.25, -0.2) is 9.50 Å². The number of fused-ring (bicyclic) bond motifs is 1. The van der Waals surface area contributed by atoms with Gasteiger partial charge in [0, 0.05) is 36.4 Å². The van der Waals surface area contributed by atoms with Crippen molar-refractivity contribution >= 4 is 17.2 Å². The summed E-state index contributed by atoms with van der Waals surface area (Å²) < 4.78 is 1.85. The number of amides is 1. The van der Waals surface area contributed by atoms with Gasteiger partial charge < -0.3 is 5.32 Å². The third kappa shape index (κ3) is 3.19. The lowest BCUT2D eigenvalue weighted by Crippen LogP contribution is -2.05. The van der Waals surface area contributed by atoms with Gasteiger partial charge in [0.1, 0.15) is 0 Å². The first kappa shape index (κ1) is 16.0. The Labute approximate surface area is 151 Å². The normalized spacial score (nSPS) is 10.8. The van der Waals surface area contributed by atoms with Crippen LogP contribution in [-0.4, -0.2) is 20.5 Å². The van der Waals surface area contributed by atoms with Crippen LogP contribution in [0.4, 0.5) is 5.69 Å². The molecule has 0 aliphatic rings. The number of aromatic nitrogens is 3. The summed E-state index contributed by atoms with van der Waals surface area (Å²) >= 11 is 0. The molecule has 0 unspecified atom stereocenters.